The van der Waals surface area contributed by atoms with E-state index in [4.69, 9.17) is 11.6 Å². The van der Waals surface area contributed by atoms with Crippen molar-refractivity contribution in [1.29, 1.82) is 0 Å². The van der Waals surface area contributed by atoms with Gasteiger partial charge in [-0.3, -0.25) is 14.8 Å². The Hall–Kier alpha value is -1.58. The van der Waals surface area contributed by atoms with Crippen LogP contribution in [0.15, 0.2) is 30.3 Å². The third-order valence-corrected chi connectivity index (χ3v) is 6.75. The number of halogens is 7. The summed E-state index contributed by atoms with van der Waals surface area (Å²) < 4.78 is 78.6. The molecule has 2 aromatic rings. The number of nitrogens with zero attached hydrogens (tertiary/aromatic N) is 3. The first-order valence-corrected chi connectivity index (χ1v) is 10.5. The van der Waals surface area contributed by atoms with Crippen molar-refractivity contribution in [2.24, 2.45) is 0 Å². The summed E-state index contributed by atoms with van der Waals surface area (Å²) in [7, 11) is 0. The summed E-state index contributed by atoms with van der Waals surface area (Å²) in [6.45, 7) is 0.802. The zero-order valence-electron chi connectivity index (χ0n) is 16.6. The molecule has 0 aliphatic carbocycles. The number of alkyl halides is 6. The lowest BCUT2D eigenvalue weighted by Gasteiger charge is -2.47. The monoisotopic (exact) mass is 465 g/mol. The van der Waals surface area contributed by atoms with Gasteiger partial charge in [-0.2, -0.15) is 26.3 Å². The molecular formula is C21H22ClF6N3. The Bertz CT molecular complexity index is 923. The number of fused-ring (bicyclic) bond motifs is 1. The highest BCUT2D eigenvalue weighted by Crippen LogP contribution is 2.43. The molecule has 2 aliphatic rings. The van der Waals surface area contributed by atoms with E-state index in [1.807, 2.05) is 24.3 Å². The first kappa shape index (κ1) is 22.6. The van der Waals surface area contributed by atoms with Gasteiger partial charge in [0, 0.05) is 35.6 Å². The highest BCUT2D eigenvalue weighted by Gasteiger charge is 2.60. The van der Waals surface area contributed by atoms with Crippen LogP contribution >= 0.6 is 11.6 Å². The van der Waals surface area contributed by atoms with Crippen LogP contribution in [-0.2, 0) is 6.54 Å². The zero-order valence-corrected chi connectivity index (χ0v) is 17.4. The molecule has 3 nitrogen and oxygen atoms in total. The average Bonchev–Trinajstić information content (AvgIpc) is 3.03. The lowest BCUT2D eigenvalue weighted by Crippen LogP contribution is -2.60. The van der Waals surface area contributed by atoms with E-state index in [1.165, 1.54) is 0 Å². The van der Waals surface area contributed by atoms with E-state index in [0.717, 1.165) is 36.0 Å². The molecule has 0 unspecified atom stereocenters. The number of likely N-dealkylation sites (tertiary alicyclic amines) is 2. The maximum absolute atomic E-state index is 13.1. The average molecular weight is 466 g/mol. The number of hydrogen-bond acceptors (Lipinski definition) is 3. The SMILES string of the molecule is FC(F)(F)C(N1CCC2(CCCN2Cc2ccc3cc(Cl)ccc3n2)CC1)C(F)(F)F. The summed E-state index contributed by atoms with van der Waals surface area (Å²) in [5.74, 6) is 0. The fourth-order valence-corrected chi connectivity index (χ4v) is 5.21. The van der Waals surface area contributed by atoms with Crippen molar-refractivity contribution in [2.75, 3.05) is 19.6 Å². The van der Waals surface area contributed by atoms with Crippen molar-refractivity contribution < 1.29 is 26.3 Å². The molecule has 1 spiro atoms. The summed E-state index contributed by atoms with van der Waals surface area (Å²) in [5.41, 5.74) is 1.24. The van der Waals surface area contributed by atoms with Gasteiger partial charge in [0.05, 0.1) is 11.2 Å². The number of aromatic nitrogens is 1. The summed E-state index contributed by atoms with van der Waals surface area (Å²) >= 11 is 6.00. The fraction of sp³-hybridized carbons (Fsp3) is 0.571. The van der Waals surface area contributed by atoms with Crippen LogP contribution in [-0.4, -0.2) is 58.4 Å². The van der Waals surface area contributed by atoms with Gasteiger partial charge in [0.2, 0.25) is 6.04 Å². The van der Waals surface area contributed by atoms with Crippen LogP contribution in [0.4, 0.5) is 26.3 Å². The van der Waals surface area contributed by atoms with Crippen LogP contribution in [0, 0.1) is 0 Å². The minimum atomic E-state index is -5.34. The Labute approximate surface area is 181 Å². The Morgan fingerprint density at radius 3 is 2.26 bits per heavy atom. The van der Waals surface area contributed by atoms with Gasteiger partial charge in [0.1, 0.15) is 0 Å². The number of piperidine rings is 1. The quantitative estimate of drug-likeness (QED) is 0.533. The predicted molar refractivity (Wildman–Crippen MR) is 106 cm³/mol. The van der Waals surface area contributed by atoms with E-state index >= 15 is 0 Å². The summed E-state index contributed by atoms with van der Waals surface area (Å²) in [4.78, 5) is 7.38. The van der Waals surface area contributed by atoms with Gasteiger partial charge < -0.3 is 0 Å². The third-order valence-electron chi connectivity index (χ3n) is 6.52. The second-order valence-corrected chi connectivity index (χ2v) is 8.85. The van der Waals surface area contributed by atoms with Crippen molar-refractivity contribution in [2.45, 2.75) is 56.2 Å². The van der Waals surface area contributed by atoms with Crippen molar-refractivity contribution in [3.05, 3.63) is 41.0 Å². The molecule has 1 aromatic carbocycles. The lowest BCUT2D eigenvalue weighted by molar-refractivity contribution is -0.290. The van der Waals surface area contributed by atoms with Crippen LogP contribution in [0.1, 0.15) is 31.4 Å². The molecule has 0 atom stereocenters. The van der Waals surface area contributed by atoms with Gasteiger partial charge in [-0.25, -0.2) is 0 Å². The Kier molecular flexibility index (Phi) is 5.89. The molecule has 4 rings (SSSR count). The molecule has 1 aromatic heterocycles. The smallest absolute Gasteiger partial charge is 0.292 e. The van der Waals surface area contributed by atoms with Crippen LogP contribution in [0.3, 0.4) is 0 Å². The number of rotatable bonds is 3. The minimum Gasteiger partial charge on any atom is -0.292 e. The van der Waals surface area contributed by atoms with E-state index in [-0.39, 0.29) is 31.5 Å². The molecule has 10 heteroatoms. The number of benzene rings is 1. The molecular weight excluding hydrogens is 444 g/mol. The maximum atomic E-state index is 13.1. The standard InChI is InChI=1S/C21H22ClF6N3/c22-15-3-5-17-14(12-15)2-4-16(29-17)13-31-9-1-6-19(31)7-10-30(11-8-19)18(20(23,24)25)21(26,27)28/h2-5,12,18H,1,6-11,13H2. The van der Waals surface area contributed by atoms with Gasteiger partial charge in [-0.1, -0.05) is 17.7 Å². The van der Waals surface area contributed by atoms with E-state index in [0.29, 0.717) is 16.5 Å². The maximum Gasteiger partial charge on any atom is 0.412 e. The number of hydrogen-bond donors (Lipinski definition) is 0. The largest absolute Gasteiger partial charge is 0.412 e. The van der Waals surface area contributed by atoms with E-state index in [2.05, 4.69) is 9.88 Å². The van der Waals surface area contributed by atoms with Gasteiger partial charge in [-0.05, 0) is 56.5 Å². The minimum absolute atomic E-state index is 0.232. The van der Waals surface area contributed by atoms with Gasteiger partial charge in [0.15, 0.2) is 0 Å². The highest BCUT2D eigenvalue weighted by molar-refractivity contribution is 6.31. The van der Waals surface area contributed by atoms with Crippen LogP contribution in [0.2, 0.25) is 5.02 Å². The van der Waals surface area contributed by atoms with Crippen LogP contribution < -0.4 is 0 Å². The molecule has 2 fully saturated rings. The predicted octanol–water partition coefficient (Wildman–Crippen LogP) is 5.81. The van der Waals surface area contributed by atoms with Crippen molar-refractivity contribution in [1.82, 2.24) is 14.8 Å². The third kappa shape index (κ3) is 4.64. The molecule has 0 bridgehead atoms. The van der Waals surface area contributed by atoms with Crippen molar-refractivity contribution >= 4 is 22.5 Å². The number of pyridine rings is 1. The molecule has 0 saturated carbocycles. The highest BCUT2D eigenvalue weighted by atomic mass is 35.5. The molecule has 2 aliphatic heterocycles. The molecule has 0 amide bonds. The van der Waals surface area contributed by atoms with E-state index < -0.39 is 18.4 Å². The molecule has 0 N–H and O–H groups in total. The van der Waals surface area contributed by atoms with Gasteiger partial charge >= 0.3 is 12.4 Å². The first-order chi connectivity index (χ1) is 14.5. The Morgan fingerprint density at radius 2 is 1.61 bits per heavy atom. The second kappa shape index (κ2) is 8.08. The van der Waals surface area contributed by atoms with E-state index in [9.17, 15) is 26.3 Å². The van der Waals surface area contributed by atoms with Crippen LogP contribution in [0.5, 0.6) is 0 Å². The fourth-order valence-electron chi connectivity index (χ4n) is 5.03. The second-order valence-electron chi connectivity index (χ2n) is 8.41. The van der Waals surface area contributed by atoms with Gasteiger partial charge in [-0.15, -0.1) is 0 Å². The molecule has 170 valence electrons. The summed E-state index contributed by atoms with van der Waals surface area (Å²) in [6.07, 6.45) is -8.48. The van der Waals surface area contributed by atoms with Crippen molar-refractivity contribution in [3.8, 4) is 0 Å². The van der Waals surface area contributed by atoms with Crippen LogP contribution in [0.25, 0.3) is 10.9 Å². The Morgan fingerprint density at radius 1 is 0.935 bits per heavy atom. The van der Waals surface area contributed by atoms with Crippen molar-refractivity contribution in [3.63, 3.8) is 0 Å². The summed E-state index contributed by atoms with van der Waals surface area (Å²) in [6, 6.07) is 5.81. The molecule has 2 saturated heterocycles. The molecule has 31 heavy (non-hydrogen) atoms. The van der Waals surface area contributed by atoms with E-state index in [1.54, 1.807) is 6.07 Å². The normalized spacial score (nSPS) is 20.9. The first-order valence-electron chi connectivity index (χ1n) is 10.2. The zero-order chi connectivity index (χ0) is 22.4. The van der Waals surface area contributed by atoms with Gasteiger partial charge in [0.25, 0.3) is 0 Å². The molecule has 0 radical (unpaired) electrons. The topological polar surface area (TPSA) is 19.4 Å². The lowest BCUT2D eigenvalue weighted by atomic mass is 9.84. The Balaban J connectivity index is 1.48. The molecule has 3 heterocycles. The summed E-state index contributed by atoms with van der Waals surface area (Å²) in [5, 5.41) is 1.52.